The Morgan fingerprint density at radius 3 is 2.41 bits per heavy atom. The molecule has 0 saturated carbocycles. The second kappa shape index (κ2) is 6.15. The first-order chi connectivity index (χ1) is 8.07. The minimum absolute atomic E-state index is 0.183. The van der Waals surface area contributed by atoms with Crippen LogP contribution >= 0.6 is 0 Å². The van der Waals surface area contributed by atoms with Crippen LogP contribution in [0.25, 0.3) is 0 Å². The van der Waals surface area contributed by atoms with Gasteiger partial charge in [-0.05, 0) is 6.92 Å². The van der Waals surface area contributed by atoms with Crippen molar-refractivity contribution >= 4 is 11.8 Å². The topological polar surface area (TPSA) is 63.6 Å². The van der Waals surface area contributed by atoms with Crippen LogP contribution in [0.15, 0.2) is 30.3 Å². The molecule has 0 spiro atoms. The zero-order chi connectivity index (χ0) is 12.8. The summed E-state index contributed by atoms with van der Waals surface area (Å²) in [4.78, 5) is 23.2. The van der Waals surface area contributed by atoms with Crippen LogP contribution in [-0.2, 0) is 9.53 Å². The van der Waals surface area contributed by atoms with Gasteiger partial charge in [0.2, 0.25) is 0 Å². The summed E-state index contributed by atoms with van der Waals surface area (Å²) < 4.78 is 4.67. The van der Waals surface area contributed by atoms with E-state index in [4.69, 9.17) is 0 Å². The Morgan fingerprint density at radius 2 is 1.88 bits per heavy atom. The van der Waals surface area contributed by atoms with Crippen molar-refractivity contribution in [3.63, 3.8) is 0 Å². The predicted molar refractivity (Wildman–Crippen MR) is 62.6 cm³/mol. The maximum atomic E-state index is 11.9. The fraction of sp³-hybridized carbons (Fsp3) is 0.385. The van der Waals surface area contributed by atoms with E-state index in [1.54, 1.807) is 37.3 Å². The van der Waals surface area contributed by atoms with Gasteiger partial charge in [0.25, 0.3) is 0 Å². The number of ether oxygens (including phenoxy) is 1. The molecular weight excluding hydrogens is 220 g/mol. The monoisotopic (exact) mass is 236 g/mol. The molecule has 0 aliphatic rings. The lowest BCUT2D eigenvalue weighted by molar-refractivity contribution is -0.154. The highest BCUT2D eigenvalue weighted by Crippen LogP contribution is 2.13. The number of aliphatic hydroxyl groups is 1. The third-order valence-electron chi connectivity index (χ3n) is 2.47. The summed E-state index contributed by atoms with van der Waals surface area (Å²) >= 11 is 0. The lowest BCUT2D eigenvalue weighted by Crippen LogP contribution is -2.34. The summed E-state index contributed by atoms with van der Waals surface area (Å²) in [5, 5.41) is 9.65. The van der Waals surface area contributed by atoms with Gasteiger partial charge >= 0.3 is 5.97 Å². The van der Waals surface area contributed by atoms with Crippen molar-refractivity contribution in [2.24, 2.45) is 5.92 Å². The average molecular weight is 236 g/mol. The van der Waals surface area contributed by atoms with Crippen LogP contribution in [0.2, 0.25) is 0 Å². The lowest BCUT2D eigenvalue weighted by atomic mass is 9.94. The molecule has 17 heavy (non-hydrogen) atoms. The zero-order valence-corrected chi connectivity index (χ0v) is 9.92. The van der Waals surface area contributed by atoms with Crippen LogP contribution in [0.3, 0.4) is 0 Å². The molecule has 0 aliphatic heterocycles. The molecule has 0 aromatic heterocycles. The van der Waals surface area contributed by atoms with Crippen molar-refractivity contribution in [3.8, 4) is 0 Å². The van der Waals surface area contributed by atoms with Gasteiger partial charge in [-0.3, -0.25) is 4.79 Å². The minimum Gasteiger partial charge on any atom is -0.464 e. The molecule has 1 rings (SSSR count). The van der Waals surface area contributed by atoms with Gasteiger partial charge in [0, 0.05) is 5.56 Å². The Bertz CT molecular complexity index is 386. The van der Waals surface area contributed by atoms with Crippen molar-refractivity contribution in [1.29, 1.82) is 0 Å². The fourth-order valence-corrected chi connectivity index (χ4v) is 1.44. The summed E-state index contributed by atoms with van der Waals surface area (Å²) in [7, 11) is 0. The normalized spacial score (nSPS) is 13.8. The number of hydrogen-bond donors (Lipinski definition) is 1. The van der Waals surface area contributed by atoms with Gasteiger partial charge in [-0.1, -0.05) is 37.3 Å². The van der Waals surface area contributed by atoms with E-state index in [9.17, 15) is 14.7 Å². The number of esters is 1. The second-order valence-corrected chi connectivity index (χ2v) is 3.72. The first-order valence-corrected chi connectivity index (χ1v) is 5.52. The highest BCUT2D eigenvalue weighted by Gasteiger charge is 2.29. The molecule has 0 saturated heterocycles. The molecular formula is C13H16O4. The molecule has 0 amide bonds. The quantitative estimate of drug-likeness (QED) is 0.620. The van der Waals surface area contributed by atoms with Crippen molar-refractivity contribution in [2.75, 3.05) is 6.61 Å². The first kappa shape index (κ1) is 13.4. The van der Waals surface area contributed by atoms with E-state index in [1.165, 1.54) is 6.92 Å². The van der Waals surface area contributed by atoms with Gasteiger partial charge in [0.05, 0.1) is 12.5 Å². The molecule has 0 heterocycles. The molecule has 0 aliphatic carbocycles. The fourth-order valence-electron chi connectivity index (χ4n) is 1.44. The van der Waals surface area contributed by atoms with Gasteiger partial charge in [0.1, 0.15) is 0 Å². The Morgan fingerprint density at radius 1 is 1.29 bits per heavy atom. The van der Waals surface area contributed by atoms with Crippen LogP contribution in [0.4, 0.5) is 0 Å². The van der Waals surface area contributed by atoms with Gasteiger partial charge in [-0.25, -0.2) is 4.79 Å². The van der Waals surface area contributed by atoms with Crippen molar-refractivity contribution in [3.05, 3.63) is 35.9 Å². The summed E-state index contributed by atoms with van der Waals surface area (Å²) in [6.45, 7) is 3.34. The number of carbonyl (C=O) groups excluding carboxylic acids is 2. The highest BCUT2D eigenvalue weighted by molar-refractivity contribution is 6.00. The molecule has 1 aromatic carbocycles. The Hall–Kier alpha value is -1.68. The molecule has 4 heteroatoms. The van der Waals surface area contributed by atoms with E-state index < -0.39 is 18.0 Å². The number of rotatable bonds is 5. The Labute approximate surface area is 100 Å². The van der Waals surface area contributed by atoms with E-state index in [1.807, 2.05) is 0 Å². The third-order valence-corrected chi connectivity index (χ3v) is 2.47. The molecule has 0 unspecified atom stereocenters. The summed E-state index contributed by atoms with van der Waals surface area (Å²) in [5.74, 6) is -1.84. The van der Waals surface area contributed by atoms with Crippen LogP contribution in [0.5, 0.6) is 0 Å². The number of hydrogen-bond acceptors (Lipinski definition) is 4. The number of carbonyl (C=O) groups is 2. The molecule has 2 atom stereocenters. The molecule has 0 bridgehead atoms. The Kier molecular flexibility index (Phi) is 4.84. The Balaban J connectivity index is 2.73. The van der Waals surface area contributed by atoms with Crippen molar-refractivity contribution in [2.45, 2.75) is 20.0 Å². The molecule has 1 aromatic rings. The number of aliphatic hydroxyl groups excluding tert-OH is 1. The van der Waals surface area contributed by atoms with Gasteiger partial charge in [-0.15, -0.1) is 0 Å². The van der Waals surface area contributed by atoms with Crippen LogP contribution in [0, 0.1) is 5.92 Å². The molecule has 0 radical (unpaired) electrons. The highest BCUT2D eigenvalue weighted by atomic mass is 16.5. The average Bonchev–Trinajstić information content (AvgIpc) is 2.37. The van der Waals surface area contributed by atoms with Crippen molar-refractivity contribution in [1.82, 2.24) is 0 Å². The van der Waals surface area contributed by atoms with E-state index in [-0.39, 0.29) is 12.4 Å². The number of ketones is 1. The summed E-state index contributed by atoms with van der Waals surface area (Å²) in [6.07, 6.45) is -1.41. The number of Topliss-reactive ketones (excluding diaryl/α,β-unsaturated/α-hetero) is 1. The van der Waals surface area contributed by atoms with E-state index >= 15 is 0 Å². The van der Waals surface area contributed by atoms with Gasteiger partial charge < -0.3 is 9.84 Å². The SMILES string of the molecule is CCOC(=O)[C@@H](O)[C@H](C)C(=O)c1ccccc1. The standard InChI is InChI=1S/C13H16O4/c1-3-17-13(16)12(15)9(2)11(14)10-7-5-4-6-8-10/h4-9,12,15H,3H2,1-2H3/t9-,12+/m1/s1. The molecule has 4 nitrogen and oxygen atoms in total. The van der Waals surface area contributed by atoms with Crippen LogP contribution in [0.1, 0.15) is 24.2 Å². The lowest BCUT2D eigenvalue weighted by Gasteiger charge is -2.16. The predicted octanol–water partition coefficient (Wildman–Crippen LogP) is 1.43. The van der Waals surface area contributed by atoms with Gasteiger partial charge in [-0.2, -0.15) is 0 Å². The van der Waals surface area contributed by atoms with Gasteiger partial charge in [0.15, 0.2) is 11.9 Å². The zero-order valence-electron chi connectivity index (χ0n) is 9.92. The minimum atomic E-state index is -1.41. The van der Waals surface area contributed by atoms with Crippen LogP contribution in [-0.4, -0.2) is 29.6 Å². The maximum Gasteiger partial charge on any atom is 0.335 e. The smallest absolute Gasteiger partial charge is 0.335 e. The van der Waals surface area contributed by atoms with E-state index in [0.717, 1.165) is 0 Å². The second-order valence-electron chi connectivity index (χ2n) is 3.72. The van der Waals surface area contributed by atoms with Crippen LogP contribution < -0.4 is 0 Å². The first-order valence-electron chi connectivity index (χ1n) is 5.52. The number of benzene rings is 1. The summed E-state index contributed by atoms with van der Waals surface area (Å²) in [5.41, 5.74) is 0.475. The van der Waals surface area contributed by atoms with E-state index in [2.05, 4.69) is 4.74 Å². The summed E-state index contributed by atoms with van der Waals surface area (Å²) in [6, 6.07) is 8.56. The van der Waals surface area contributed by atoms with E-state index in [0.29, 0.717) is 5.56 Å². The third kappa shape index (κ3) is 3.39. The van der Waals surface area contributed by atoms with Crippen molar-refractivity contribution < 1.29 is 19.4 Å². The molecule has 92 valence electrons. The molecule has 0 fully saturated rings. The molecule has 1 N–H and O–H groups in total. The largest absolute Gasteiger partial charge is 0.464 e. The maximum absolute atomic E-state index is 11.9.